The number of aromatic nitrogens is 1. The standard InChI is InChI=1S/C24H20F3NO2/c1-4-5-9-19-16(3)28(18-8-6-7-15(2)12-18)21-11-10-17(13-20(19)21)22(29)14-23(30)24(25,26)27/h4-13H,1,14H2,2-3H3/b9-5-. The first-order valence-electron chi connectivity index (χ1n) is 9.28. The van der Waals surface area contributed by atoms with Crippen molar-refractivity contribution in [3.05, 3.63) is 83.6 Å². The summed E-state index contributed by atoms with van der Waals surface area (Å²) in [5, 5.41) is 0.706. The number of alkyl halides is 3. The lowest BCUT2D eigenvalue weighted by Crippen LogP contribution is -2.25. The molecule has 0 aliphatic carbocycles. The highest BCUT2D eigenvalue weighted by molar-refractivity contribution is 6.11. The monoisotopic (exact) mass is 411 g/mol. The predicted octanol–water partition coefficient (Wildman–Crippen LogP) is 6.15. The highest BCUT2D eigenvalue weighted by atomic mass is 19.4. The molecule has 1 heterocycles. The molecule has 0 aliphatic rings. The first kappa shape index (κ1) is 21.3. The van der Waals surface area contributed by atoms with E-state index in [4.69, 9.17) is 0 Å². The summed E-state index contributed by atoms with van der Waals surface area (Å²) in [6.45, 7) is 7.59. The molecule has 3 aromatic rings. The van der Waals surface area contributed by atoms with Crippen LogP contribution in [0.4, 0.5) is 13.2 Å². The maximum atomic E-state index is 12.5. The number of halogens is 3. The van der Waals surface area contributed by atoms with Gasteiger partial charge in [-0.25, -0.2) is 0 Å². The molecule has 30 heavy (non-hydrogen) atoms. The highest BCUT2D eigenvalue weighted by Gasteiger charge is 2.39. The molecule has 0 saturated heterocycles. The Balaban J connectivity index is 2.17. The third-order valence-corrected chi connectivity index (χ3v) is 4.87. The summed E-state index contributed by atoms with van der Waals surface area (Å²) >= 11 is 0. The number of rotatable bonds is 6. The summed E-state index contributed by atoms with van der Waals surface area (Å²) in [6, 6.07) is 12.6. The van der Waals surface area contributed by atoms with Gasteiger partial charge in [-0.1, -0.05) is 36.9 Å². The number of benzene rings is 2. The van der Waals surface area contributed by atoms with E-state index in [9.17, 15) is 22.8 Å². The summed E-state index contributed by atoms with van der Waals surface area (Å²) in [5.41, 5.74) is 4.61. The summed E-state index contributed by atoms with van der Waals surface area (Å²) < 4.78 is 39.6. The van der Waals surface area contributed by atoms with Crippen LogP contribution in [0.5, 0.6) is 0 Å². The molecule has 3 nitrogen and oxygen atoms in total. The van der Waals surface area contributed by atoms with Crippen molar-refractivity contribution in [3.8, 4) is 5.69 Å². The molecule has 0 amide bonds. The van der Waals surface area contributed by atoms with Crippen LogP contribution < -0.4 is 0 Å². The van der Waals surface area contributed by atoms with Crippen molar-refractivity contribution in [1.82, 2.24) is 4.57 Å². The highest BCUT2D eigenvalue weighted by Crippen LogP contribution is 2.32. The van der Waals surface area contributed by atoms with E-state index in [0.717, 1.165) is 28.0 Å². The average Bonchev–Trinajstić information content (AvgIpc) is 2.96. The molecule has 0 unspecified atom stereocenters. The second-order valence-corrected chi connectivity index (χ2v) is 7.02. The number of Topliss-reactive ketones (excluding diaryl/α,β-unsaturated/α-hetero) is 2. The van der Waals surface area contributed by atoms with E-state index in [2.05, 4.69) is 6.58 Å². The van der Waals surface area contributed by atoms with Crippen LogP contribution in [0.2, 0.25) is 0 Å². The van der Waals surface area contributed by atoms with Crippen LogP contribution >= 0.6 is 0 Å². The molecule has 0 fully saturated rings. The number of carbonyl (C=O) groups excluding carboxylic acids is 2. The van der Waals surface area contributed by atoms with Crippen molar-refractivity contribution in [3.63, 3.8) is 0 Å². The SMILES string of the molecule is C=C/C=C\c1c(C)n(-c2cccc(C)c2)c2ccc(C(=O)CC(=O)C(F)(F)F)cc12. The zero-order chi connectivity index (χ0) is 22.1. The van der Waals surface area contributed by atoms with Crippen molar-refractivity contribution in [2.24, 2.45) is 0 Å². The quantitative estimate of drug-likeness (QED) is 0.277. The van der Waals surface area contributed by atoms with E-state index >= 15 is 0 Å². The van der Waals surface area contributed by atoms with E-state index in [1.165, 1.54) is 6.07 Å². The fourth-order valence-electron chi connectivity index (χ4n) is 3.44. The lowest BCUT2D eigenvalue weighted by molar-refractivity contribution is -0.170. The van der Waals surface area contributed by atoms with E-state index < -0.39 is 24.2 Å². The molecule has 0 bridgehead atoms. The molecule has 3 rings (SSSR count). The number of allylic oxidation sites excluding steroid dienone is 2. The molecule has 1 aromatic heterocycles. The average molecular weight is 411 g/mol. The molecule has 6 heteroatoms. The lowest BCUT2D eigenvalue weighted by atomic mass is 10.0. The van der Waals surface area contributed by atoms with Crippen molar-refractivity contribution in [2.45, 2.75) is 26.4 Å². The van der Waals surface area contributed by atoms with Crippen LogP contribution in [0.25, 0.3) is 22.7 Å². The molecule has 0 N–H and O–H groups in total. The zero-order valence-electron chi connectivity index (χ0n) is 16.6. The topological polar surface area (TPSA) is 39.1 Å². The van der Waals surface area contributed by atoms with Crippen molar-refractivity contribution in [1.29, 1.82) is 0 Å². The van der Waals surface area contributed by atoms with Gasteiger partial charge >= 0.3 is 6.18 Å². The number of hydrogen-bond donors (Lipinski definition) is 0. The normalized spacial score (nSPS) is 11.9. The van der Waals surface area contributed by atoms with Crippen LogP contribution in [-0.2, 0) is 4.79 Å². The Kier molecular flexibility index (Phi) is 5.78. The predicted molar refractivity (Wildman–Crippen MR) is 112 cm³/mol. The molecule has 0 saturated carbocycles. The number of aryl methyl sites for hydroxylation is 1. The van der Waals surface area contributed by atoms with Crippen LogP contribution in [0.15, 0.2) is 61.2 Å². The minimum Gasteiger partial charge on any atom is -0.313 e. The zero-order valence-corrected chi connectivity index (χ0v) is 16.6. The summed E-state index contributed by atoms with van der Waals surface area (Å²) in [7, 11) is 0. The van der Waals surface area contributed by atoms with Crippen molar-refractivity contribution >= 4 is 28.5 Å². The van der Waals surface area contributed by atoms with Gasteiger partial charge in [-0.3, -0.25) is 9.59 Å². The van der Waals surface area contributed by atoms with Crippen LogP contribution in [0.3, 0.4) is 0 Å². The number of ketones is 2. The number of fused-ring (bicyclic) bond motifs is 1. The van der Waals surface area contributed by atoms with E-state index in [0.29, 0.717) is 5.39 Å². The summed E-state index contributed by atoms with van der Waals surface area (Å²) in [5.74, 6) is -2.91. The van der Waals surface area contributed by atoms with Gasteiger partial charge in [-0.05, 0) is 49.7 Å². The Hall–Kier alpha value is -3.41. The van der Waals surface area contributed by atoms with Gasteiger partial charge in [0.1, 0.15) is 0 Å². The van der Waals surface area contributed by atoms with Crippen LogP contribution in [-0.4, -0.2) is 22.3 Å². The van der Waals surface area contributed by atoms with Gasteiger partial charge in [0.05, 0.1) is 11.9 Å². The summed E-state index contributed by atoms with van der Waals surface area (Å²) in [6.07, 6.45) is -1.02. The van der Waals surface area contributed by atoms with E-state index in [1.54, 1.807) is 24.3 Å². The minimum absolute atomic E-state index is 0.0646. The Bertz CT molecular complexity index is 1180. The van der Waals surface area contributed by atoms with Gasteiger partial charge in [0.2, 0.25) is 5.78 Å². The molecule has 154 valence electrons. The van der Waals surface area contributed by atoms with Crippen molar-refractivity contribution in [2.75, 3.05) is 0 Å². The fraction of sp³-hybridized carbons (Fsp3) is 0.167. The van der Waals surface area contributed by atoms with Gasteiger partial charge in [0.15, 0.2) is 5.78 Å². The largest absolute Gasteiger partial charge is 0.450 e. The second kappa shape index (κ2) is 8.14. The fourth-order valence-corrected chi connectivity index (χ4v) is 3.44. The molecule has 0 atom stereocenters. The molecule has 0 aliphatic heterocycles. The molecule has 0 radical (unpaired) electrons. The van der Waals surface area contributed by atoms with Gasteiger partial charge in [-0.15, -0.1) is 0 Å². The lowest BCUT2D eigenvalue weighted by Gasteiger charge is -2.10. The van der Waals surface area contributed by atoms with Gasteiger partial charge in [0.25, 0.3) is 0 Å². The third-order valence-electron chi connectivity index (χ3n) is 4.87. The van der Waals surface area contributed by atoms with E-state index in [1.807, 2.05) is 48.8 Å². The smallest absolute Gasteiger partial charge is 0.313 e. The van der Waals surface area contributed by atoms with Crippen LogP contribution in [0.1, 0.15) is 33.6 Å². The van der Waals surface area contributed by atoms with E-state index in [-0.39, 0.29) is 5.56 Å². The number of carbonyl (C=O) groups is 2. The van der Waals surface area contributed by atoms with Crippen LogP contribution in [0, 0.1) is 13.8 Å². The summed E-state index contributed by atoms with van der Waals surface area (Å²) in [4.78, 5) is 23.5. The molecule has 0 spiro atoms. The Morgan fingerprint density at radius 3 is 2.47 bits per heavy atom. The Labute approximate surface area is 172 Å². The number of nitrogens with zero attached hydrogens (tertiary/aromatic N) is 1. The van der Waals surface area contributed by atoms with Gasteiger partial charge in [-0.2, -0.15) is 13.2 Å². The molecular formula is C24H20F3NO2. The van der Waals surface area contributed by atoms with Crippen molar-refractivity contribution < 1.29 is 22.8 Å². The number of hydrogen-bond acceptors (Lipinski definition) is 2. The Morgan fingerprint density at radius 1 is 1.10 bits per heavy atom. The second-order valence-electron chi connectivity index (χ2n) is 7.02. The third kappa shape index (κ3) is 4.13. The first-order valence-corrected chi connectivity index (χ1v) is 9.28. The maximum absolute atomic E-state index is 12.5. The minimum atomic E-state index is -5.03. The first-order chi connectivity index (χ1) is 14.1. The van der Waals surface area contributed by atoms with Gasteiger partial charge in [0, 0.05) is 27.9 Å². The van der Waals surface area contributed by atoms with Gasteiger partial charge < -0.3 is 4.57 Å². The maximum Gasteiger partial charge on any atom is 0.450 e. The molecule has 2 aromatic carbocycles. The Morgan fingerprint density at radius 2 is 1.83 bits per heavy atom. The molecular weight excluding hydrogens is 391 g/mol.